The van der Waals surface area contributed by atoms with E-state index in [4.69, 9.17) is 4.74 Å². The molecule has 0 spiro atoms. The third-order valence-corrected chi connectivity index (χ3v) is 5.44. The fraction of sp³-hybridized carbons (Fsp3) is 0.769. The first-order valence-electron chi connectivity index (χ1n) is 7.11. The van der Waals surface area contributed by atoms with E-state index in [9.17, 15) is 8.42 Å². The Morgan fingerprint density at radius 3 is 2.62 bits per heavy atom. The number of methoxy groups -OCH3 is 1. The molecule has 21 heavy (non-hydrogen) atoms. The minimum absolute atomic E-state index is 0.147. The van der Waals surface area contributed by atoms with Crippen molar-refractivity contribution in [1.82, 2.24) is 19.8 Å². The first-order valence-corrected chi connectivity index (χ1v) is 8.55. The zero-order chi connectivity index (χ0) is 16.0. The van der Waals surface area contributed by atoms with Crippen LogP contribution in [0.15, 0.2) is 4.90 Å². The van der Waals surface area contributed by atoms with Crippen molar-refractivity contribution in [3.63, 3.8) is 0 Å². The van der Waals surface area contributed by atoms with Gasteiger partial charge in [-0.3, -0.25) is 5.10 Å². The molecule has 0 unspecified atom stereocenters. The van der Waals surface area contributed by atoms with Gasteiger partial charge in [0.05, 0.1) is 18.0 Å². The summed E-state index contributed by atoms with van der Waals surface area (Å²) >= 11 is 0. The number of aromatic nitrogens is 2. The number of hydrogen-bond acceptors (Lipinski definition) is 5. The second kappa shape index (κ2) is 7.88. The second-order valence-electron chi connectivity index (χ2n) is 5.11. The van der Waals surface area contributed by atoms with Gasteiger partial charge < -0.3 is 10.1 Å². The van der Waals surface area contributed by atoms with Crippen molar-refractivity contribution in [2.45, 2.75) is 45.2 Å². The van der Waals surface area contributed by atoms with Gasteiger partial charge in [-0.2, -0.15) is 9.40 Å². The van der Waals surface area contributed by atoms with E-state index in [-0.39, 0.29) is 10.9 Å². The summed E-state index contributed by atoms with van der Waals surface area (Å²) < 4.78 is 32.3. The fourth-order valence-corrected chi connectivity index (χ4v) is 4.08. The van der Waals surface area contributed by atoms with Crippen molar-refractivity contribution in [3.05, 3.63) is 11.4 Å². The number of sulfonamides is 1. The highest BCUT2D eigenvalue weighted by atomic mass is 32.2. The average Bonchev–Trinajstić information content (AvgIpc) is 2.78. The van der Waals surface area contributed by atoms with Crippen molar-refractivity contribution in [3.8, 4) is 0 Å². The Hall–Kier alpha value is -0.960. The van der Waals surface area contributed by atoms with E-state index < -0.39 is 10.0 Å². The van der Waals surface area contributed by atoms with Crippen molar-refractivity contribution >= 4 is 10.0 Å². The topological polar surface area (TPSA) is 87.3 Å². The lowest BCUT2D eigenvalue weighted by Gasteiger charge is -2.25. The fourth-order valence-electron chi connectivity index (χ4n) is 2.13. The highest BCUT2D eigenvalue weighted by Gasteiger charge is 2.32. The number of aromatic amines is 1. The number of rotatable bonds is 9. The van der Waals surface area contributed by atoms with Crippen LogP contribution in [0.25, 0.3) is 0 Å². The Morgan fingerprint density at radius 2 is 2.10 bits per heavy atom. The lowest BCUT2D eigenvalue weighted by atomic mass is 10.3. The van der Waals surface area contributed by atoms with Crippen LogP contribution in [0.5, 0.6) is 0 Å². The van der Waals surface area contributed by atoms with Crippen LogP contribution in [0.4, 0.5) is 0 Å². The molecule has 122 valence electrons. The molecule has 7 nitrogen and oxygen atoms in total. The Balaban J connectivity index is 3.18. The van der Waals surface area contributed by atoms with Crippen LogP contribution in [0.2, 0.25) is 0 Å². The molecule has 1 heterocycles. The molecular weight excluding hydrogens is 292 g/mol. The quantitative estimate of drug-likeness (QED) is 0.705. The zero-order valence-electron chi connectivity index (χ0n) is 13.4. The van der Waals surface area contributed by atoms with Crippen LogP contribution >= 0.6 is 0 Å². The second-order valence-corrected chi connectivity index (χ2v) is 6.93. The molecule has 0 atom stereocenters. The van der Waals surface area contributed by atoms with Crippen LogP contribution in [-0.2, 0) is 21.3 Å². The molecule has 2 N–H and O–H groups in total. The molecule has 0 radical (unpaired) electrons. The molecule has 1 rings (SSSR count). The summed E-state index contributed by atoms with van der Waals surface area (Å²) in [6, 6.07) is -0.147. The van der Waals surface area contributed by atoms with Crippen LogP contribution in [-0.4, -0.2) is 55.8 Å². The van der Waals surface area contributed by atoms with E-state index in [0.29, 0.717) is 31.1 Å². The smallest absolute Gasteiger partial charge is 0.247 e. The normalized spacial score (nSPS) is 12.5. The number of H-pyrrole nitrogens is 1. The van der Waals surface area contributed by atoms with Gasteiger partial charge in [0.2, 0.25) is 10.0 Å². The van der Waals surface area contributed by atoms with Gasteiger partial charge in [0, 0.05) is 26.2 Å². The predicted molar refractivity (Wildman–Crippen MR) is 81.6 cm³/mol. The number of aryl methyl sites for hydroxylation is 1. The summed E-state index contributed by atoms with van der Waals surface area (Å²) in [5, 5.41) is 10.0. The minimum Gasteiger partial charge on any atom is -0.383 e. The molecular formula is C13H26N4O3S. The first-order chi connectivity index (χ1) is 9.86. The van der Waals surface area contributed by atoms with E-state index in [1.807, 2.05) is 20.8 Å². The standard InChI is InChI=1S/C13H26N4O3S/c1-6-14-9-12-13(11(4)15-16-12)21(18,19)17(10(2)3)7-8-20-5/h10,14H,6-9H2,1-5H3,(H,15,16). The molecule has 8 heteroatoms. The monoisotopic (exact) mass is 318 g/mol. The first kappa shape index (κ1) is 18.1. The third kappa shape index (κ3) is 4.26. The van der Waals surface area contributed by atoms with Gasteiger partial charge in [-0.05, 0) is 27.3 Å². The Bertz CT molecular complexity index is 540. The maximum absolute atomic E-state index is 12.9. The molecule has 1 aromatic heterocycles. The number of nitrogens with zero attached hydrogens (tertiary/aromatic N) is 2. The molecule has 0 saturated heterocycles. The Kier molecular flexibility index (Phi) is 6.79. The molecule has 0 aliphatic heterocycles. The molecule has 0 fully saturated rings. The summed E-state index contributed by atoms with van der Waals surface area (Å²) in [5.41, 5.74) is 1.09. The Morgan fingerprint density at radius 1 is 1.43 bits per heavy atom. The maximum atomic E-state index is 12.9. The summed E-state index contributed by atoms with van der Waals surface area (Å²) in [6.45, 7) is 9.25. The molecule has 0 amide bonds. The number of hydrogen-bond donors (Lipinski definition) is 2. The van der Waals surface area contributed by atoms with Crippen molar-refractivity contribution in [2.24, 2.45) is 0 Å². The molecule has 0 aliphatic rings. The zero-order valence-corrected chi connectivity index (χ0v) is 14.2. The van der Waals surface area contributed by atoms with E-state index in [1.165, 1.54) is 4.31 Å². The van der Waals surface area contributed by atoms with E-state index >= 15 is 0 Å². The lowest BCUT2D eigenvalue weighted by Crippen LogP contribution is -2.39. The van der Waals surface area contributed by atoms with Gasteiger partial charge in [-0.25, -0.2) is 8.42 Å². The highest BCUT2D eigenvalue weighted by Crippen LogP contribution is 2.23. The molecule has 0 aliphatic carbocycles. The molecule has 1 aromatic rings. The molecule has 0 aromatic carbocycles. The van der Waals surface area contributed by atoms with Gasteiger partial charge in [0.1, 0.15) is 4.90 Å². The number of nitrogens with one attached hydrogen (secondary N) is 2. The van der Waals surface area contributed by atoms with Gasteiger partial charge in [0.15, 0.2) is 0 Å². The molecule has 0 saturated carbocycles. The van der Waals surface area contributed by atoms with E-state index in [2.05, 4.69) is 15.5 Å². The average molecular weight is 318 g/mol. The SMILES string of the molecule is CCNCc1n[nH]c(C)c1S(=O)(=O)N(CCOC)C(C)C. The maximum Gasteiger partial charge on any atom is 0.247 e. The van der Waals surface area contributed by atoms with E-state index in [1.54, 1.807) is 14.0 Å². The van der Waals surface area contributed by atoms with Gasteiger partial charge in [-0.15, -0.1) is 0 Å². The molecule has 0 bridgehead atoms. The summed E-state index contributed by atoms with van der Waals surface area (Å²) in [5.74, 6) is 0. The van der Waals surface area contributed by atoms with Gasteiger partial charge in [0.25, 0.3) is 0 Å². The largest absolute Gasteiger partial charge is 0.383 e. The number of ether oxygens (including phenoxy) is 1. The summed E-state index contributed by atoms with van der Waals surface area (Å²) in [6.07, 6.45) is 0. The van der Waals surface area contributed by atoms with Crippen molar-refractivity contribution in [1.29, 1.82) is 0 Å². The van der Waals surface area contributed by atoms with Gasteiger partial charge >= 0.3 is 0 Å². The van der Waals surface area contributed by atoms with Crippen molar-refractivity contribution < 1.29 is 13.2 Å². The van der Waals surface area contributed by atoms with Crippen LogP contribution in [0, 0.1) is 6.92 Å². The van der Waals surface area contributed by atoms with Crippen LogP contribution < -0.4 is 5.32 Å². The summed E-state index contributed by atoms with van der Waals surface area (Å²) in [4.78, 5) is 0.272. The van der Waals surface area contributed by atoms with E-state index in [0.717, 1.165) is 6.54 Å². The highest BCUT2D eigenvalue weighted by molar-refractivity contribution is 7.89. The minimum atomic E-state index is -3.60. The van der Waals surface area contributed by atoms with Crippen LogP contribution in [0.3, 0.4) is 0 Å². The third-order valence-electron chi connectivity index (χ3n) is 3.16. The predicted octanol–water partition coefficient (Wildman–Crippen LogP) is 0.873. The van der Waals surface area contributed by atoms with Crippen molar-refractivity contribution in [2.75, 3.05) is 26.8 Å². The Labute approximate surface area is 127 Å². The summed E-state index contributed by atoms with van der Waals surface area (Å²) in [7, 11) is -2.04. The van der Waals surface area contributed by atoms with Gasteiger partial charge in [-0.1, -0.05) is 6.92 Å². The lowest BCUT2D eigenvalue weighted by molar-refractivity contribution is 0.171. The van der Waals surface area contributed by atoms with Crippen LogP contribution in [0.1, 0.15) is 32.2 Å².